The third-order valence-electron chi connectivity index (χ3n) is 2.78. The topological polar surface area (TPSA) is 38.1 Å². The van der Waals surface area contributed by atoms with Crippen LogP contribution >= 0.6 is 0 Å². The van der Waals surface area contributed by atoms with Crippen molar-refractivity contribution in [1.82, 2.24) is 10.3 Å². The van der Waals surface area contributed by atoms with E-state index in [0.29, 0.717) is 5.92 Å². The second-order valence-corrected chi connectivity index (χ2v) is 4.16. The van der Waals surface area contributed by atoms with Crippen LogP contribution in [-0.4, -0.2) is 12.0 Å². The number of nitrogens with zero attached hydrogens (tertiary/aromatic N) is 1. The lowest BCUT2D eigenvalue weighted by Gasteiger charge is -1.97. The molecule has 1 aromatic carbocycles. The molecule has 1 aromatic heterocycles. The van der Waals surface area contributed by atoms with Crippen LogP contribution in [0.2, 0.25) is 0 Å². The van der Waals surface area contributed by atoms with Crippen LogP contribution in [0.25, 0.3) is 11.1 Å². The maximum atomic E-state index is 5.74. The van der Waals surface area contributed by atoms with E-state index in [2.05, 4.69) is 22.4 Å². The molecule has 1 saturated carbocycles. The summed E-state index contributed by atoms with van der Waals surface area (Å²) in [5.41, 5.74) is 3.14. The number of rotatable bonds is 3. The Morgan fingerprint density at radius 3 is 3.07 bits per heavy atom. The minimum Gasteiger partial charge on any atom is -0.440 e. The van der Waals surface area contributed by atoms with Crippen molar-refractivity contribution >= 4 is 11.1 Å². The molecule has 3 nitrogen and oxygen atoms in total. The lowest BCUT2D eigenvalue weighted by atomic mass is 10.2. The van der Waals surface area contributed by atoms with Crippen LogP contribution in [0.5, 0.6) is 0 Å². The van der Waals surface area contributed by atoms with Gasteiger partial charge >= 0.3 is 0 Å². The third kappa shape index (κ3) is 1.63. The minimum atomic E-state index is 0.588. The number of fused-ring (bicyclic) bond motifs is 1. The third-order valence-corrected chi connectivity index (χ3v) is 2.78. The zero-order valence-corrected chi connectivity index (χ0v) is 8.79. The monoisotopic (exact) mass is 202 g/mol. The molecule has 0 spiro atoms. The summed E-state index contributed by atoms with van der Waals surface area (Å²) in [5, 5.41) is 3.13. The number of hydrogen-bond donors (Lipinski definition) is 1. The Labute approximate surface area is 88.5 Å². The smallest absolute Gasteiger partial charge is 0.198 e. The molecule has 3 heteroatoms. The fourth-order valence-corrected chi connectivity index (χ4v) is 1.81. The molecule has 0 radical (unpaired) electrons. The highest BCUT2D eigenvalue weighted by atomic mass is 16.3. The first kappa shape index (κ1) is 8.92. The van der Waals surface area contributed by atoms with E-state index in [-0.39, 0.29) is 0 Å². The summed E-state index contributed by atoms with van der Waals surface area (Å²) in [7, 11) is 1.94. The highest BCUT2D eigenvalue weighted by Crippen LogP contribution is 2.40. The maximum Gasteiger partial charge on any atom is 0.198 e. The lowest BCUT2D eigenvalue weighted by molar-refractivity contribution is 0.532. The number of nitrogens with one attached hydrogen (secondary N) is 1. The predicted octanol–water partition coefficient (Wildman–Crippen LogP) is 2.42. The molecule has 0 atom stereocenters. The Morgan fingerprint density at radius 2 is 2.33 bits per heavy atom. The average Bonchev–Trinajstić information content (AvgIpc) is 2.99. The van der Waals surface area contributed by atoms with Crippen molar-refractivity contribution in [2.75, 3.05) is 7.05 Å². The zero-order chi connectivity index (χ0) is 10.3. The molecule has 0 unspecified atom stereocenters. The second kappa shape index (κ2) is 3.35. The molecule has 1 N–H and O–H groups in total. The standard InChI is InChI=1S/C12H14N2O/c1-13-7-8-2-5-10-11(6-8)15-12(14-10)9-3-4-9/h2,5-6,9,13H,3-4,7H2,1H3. The van der Waals surface area contributed by atoms with Crippen molar-refractivity contribution in [3.63, 3.8) is 0 Å². The average molecular weight is 202 g/mol. The molecule has 2 aromatic rings. The largest absolute Gasteiger partial charge is 0.440 e. The van der Waals surface area contributed by atoms with Gasteiger partial charge in [0.15, 0.2) is 11.5 Å². The van der Waals surface area contributed by atoms with Crippen LogP contribution in [0.3, 0.4) is 0 Å². The fraction of sp³-hybridized carbons (Fsp3) is 0.417. The van der Waals surface area contributed by atoms with E-state index in [1.165, 1.54) is 18.4 Å². The molecule has 3 rings (SSSR count). The van der Waals surface area contributed by atoms with E-state index >= 15 is 0 Å². The van der Waals surface area contributed by atoms with Crippen molar-refractivity contribution in [3.05, 3.63) is 29.7 Å². The molecule has 0 aliphatic heterocycles. The molecule has 1 fully saturated rings. The van der Waals surface area contributed by atoms with Gasteiger partial charge in [0, 0.05) is 12.5 Å². The van der Waals surface area contributed by atoms with Gasteiger partial charge in [0.2, 0.25) is 0 Å². The minimum absolute atomic E-state index is 0.588. The van der Waals surface area contributed by atoms with Crippen molar-refractivity contribution in [2.24, 2.45) is 0 Å². The molecular formula is C12H14N2O. The van der Waals surface area contributed by atoms with Crippen molar-refractivity contribution < 1.29 is 4.42 Å². The predicted molar refractivity (Wildman–Crippen MR) is 58.7 cm³/mol. The van der Waals surface area contributed by atoms with Gasteiger partial charge in [0.25, 0.3) is 0 Å². The Morgan fingerprint density at radius 1 is 1.47 bits per heavy atom. The van der Waals surface area contributed by atoms with Crippen LogP contribution in [0.1, 0.15) is 30.2 Å². The van der Waals surface area contributed by atoms with E-state index in [4.69, 9.17) is 4.42 Å². The van der Waals surface area contributed by atoms with E-state index in [1.807, 2.05) is 13.1 Å². The molecular weight excluding hydrogens is 188 g/mol. The molecule has 15 heavy (non-hydrogen) atoms. The molecule has 0 saturated heterocycles. The summed E-state index contributed by atoms with van der Waals surface area (Å²) >= 11 is 0. The molecule has 0 bridgehead atoms. The molecule has 1 heterocycles. The fourth-order valence-electron chi connectivity index (χ4n) is 1.81. The number of aromatic nitrogens is 1. The maximum absolute atomic E-state index is 5.74. The van der Waals surface area contributed by atoms with Gasteiger partial charge in [0.05, 0.1) is 0 Å². The second-order valence-electron chi connectivity index (χ2n) is 4.16. The first-order valence-corrected chi connectivity index (χ1v) is 5.41. The quantitative estimate of drug-likeness (QED) is 0.830. The summed E-state index contributed by atoms with van der Waals surface area (Å²) in [6, 6.07) is 6.21. The van der Waals surface area contributed by atoms with E-state index < -0.39 is 0 Å². The van der Waals surface area contributed by atoms with Gasteiger partial charge in [-0.3, -0.25) is 0 Å². The van der Waals surface area contributed by atoms with Gasteiger partial charge in [-0.2, -0.15) is 0 Å². The normalized spacial score (nSPS) is 16.1. The summed E-state index contributed by atoms with van der Waals surface area (Å²) in [6.07, 6.45) is 2.46. The Kier molecular flexibility index (Phi) is 1.99. The zero-order valence-electron chi connectivity index (χ0n) is 8.79. The van der Waals surface area contributed by atoms with Crippen LogP contribution < -0.4 is 5.32 Å². The summed E-state index contributed by atoms with van der Waals surface area (Å²) in [4.78, 5) is 4.49. The number of hydrogen-bond acceptors (Lipinski definition) is 3. The van der Waals surface area contributed by atoms with Crippen molar-refractivity contribution in [1.29, 1.82) is 0 Å². The van der Waals surface area contributed by atoms with Gasteiger partial charge in [-0.15, -0.1) is 0 Å². The first-order chi connectivity index (χ1) is 7.36. The summed E-state index contributed by atoms with van der Waals surface area (Å²) in [5.74, 6) is 1.51. The van der Waals surface area contributed by atoms with Crippen molar-refractivity contribution in [3.8, 4) is 0 Å². The highest BCUT2D eigenvalue weighted by Gasteiger charge is 2.28. The van der Waals surface area contributed by atoms with Crippen LogP contribution in [0, 0.1) is 0 Å². The molecule has 1 aliphatic carbocycles. The lowest BCUT2D eigenvalue weighted by Crippen LogP contribution is -2.04. The number of benzene rings is 1. The van der Waals surface area contributed by atoms with E-state index in [1.54, 1.807) is 0 Å². The van der Waals surface area contributed by atoms with Gasteiger partial charge in [-0.05, 0) is 37.6 Å². The Hall–Kier alpha value is -1.35. The summed E-state index contributed by atoms with van der Waals surface area (Å²) < 4.78 is 5.74. The number of oxazole rings is 1. The first-order valence-electron chi connectivity index (χ1n) is 5.41. The SMILES string of the molecule is CNCc1ccc2nc(C3CC3)oc2c1. The molecule has 78 valence electrons. The van der Waals surface area contributed by atoms with Crippen LogP contribution in [0.15, 0.2) is 22.6 Å². The Balaban J connectivity index is 2.02. The van der Waals surface area contributed by atoms with E-state index in [0.717, 1.165) is 23.5 Å². The summed E-state index contributed by atoms with van der Waals surface area (Å²) in [6.45, 7) is 0.870. The molecule has 1 aliphatic rings. The van der Waals surface area contributed by atoms with Gasteiger partial charge in [-0.25, -0.2) is 4.98 Å². The Bertz CT molecular complexity index is 485. The van der Waals surface area contributed by atoms with E-state index in [9.17, 15) is 0 Å². The van der Waals surface area contributed by atoms with Gasteiger partial charge in [-0.1, -0.05) is 6.07 Å². The van der Waals surface area contributed by atoms with Crippen molar-refractivity contribution in [2.45, 2.75) is 25.3 Å². The van der Waals surface area contributed by atoms with Gasteiger partial charge < -0.3 is 9.73 Å². The highest BCUT2D eigenvalue weighted by molar-refractivity contribution is 5.73. The van der Waals surface area contributed by atoms with Crippen LogP contribution in [-0.2, 0) is 6.54 Å². The molecule has 0 amide bonds. The van der Waals surface area contributed by atoms with Gasteiger partial charge in [0.1, 0.15) is 5.52 Å². The van der Waals surface area contributed by atoms with Crippen LogP contribution in [0.4, 0.5) is 0 Å².